The summed E-state index contributed by atoms with van der Waals surface area (Å²) in [6.45, 7) is 11.6. The fraction of sp³-hybridized carbons (Fsp3) is 0.933. The molecule has 5 nitrogen and oxygen atoms in total. The Labute approximate surface area is 122 Å². The predicted molar refractivity (Wildman–Crippen MR) is 80.0 cm³/mol. The molecule has 2 unspecified atom stereocenters. The minimum atomic E-state index is -0.788. The first-order chi connectivity index (χ1) is 9.41. The van der Waals surface area contributed by atoms with Crippen LogP contribution in [-0.2, 0) is 9.53 Å². The van der Waals surface area contributed by atoms with E-state index in [0.29, 0.717) is 18.9 Å². The molecule has 1 saturated heterocycles. The summed E-state index contributed by atoms with van der Waals surface area (Å²) in [5.74, 6) is -0.733. The van der Waals surface area contributed by atoms with E-state index in [1.807, 2.05) is 20.8 Å². The van der Waals surface area contributed by atoms with Crippen molar-refractivity contribution in [3.8, 4) is 0 Å². The molecule has 1 aliphatic heterocycles. The van der Waals surface area contributed by atoms with Crippen molar-refractivity contribution < 1.29 is 14.6 Å². The highest BCUT2D eigenvalue weighted by atomic mass is 16.5. The molecule has 0 aromatic carbocycles. The first-order valence-corrected chi connectivity index (χ1v) is 7.74. The van der Waals surface area contributed by atoms with Gasteiger partial charge in [0, 0.05) is 18.6 Å². The van der Waals surface area contributed by atoms with Gasteiger partial charge in [0.1, 0.15) is 5.54 Å². The normalized spacial score (nSPS) is 23.8. The number of hydrogen-bond acceptors (Lipinski definition) is 4. The third kappa shape index (κ3) is 4.72. The molecule has 20 heavy (non-hydrogen) atoms. The van der Waals surface area contributed by atoms with Crippen LogP contribution in [0.5, 0.6) is 0 Å². The van der Waals surface area contributed by atoms with Crippen LogP contribution in [0.1, 0.15) is 47.0 Å². The second-order valence-corrected chi connectivity index (χ2v) is 6.10. The molecule has 1 rings (SSSR count). The van der Waals surface area contributed by atoms with E-state index < -0.39 is 11.5 Å². The lowest BCUT2D eigenvalue weighted by Crippen LogP contribution is -2.54. The van der Waals surface area contributed by atoms with Gasteiger partial charge in [-0.15, -0.1) is 0 Å². The minimum absolute atomic E-state index is 0.174. The first kappa shape index (κ1) is 17.4. The molecule has 1 fully saturated rings. The molecule has 0 bridgehead atoms. The molecule has 118 valence electrons. The van der Waals surface area contributed by atoms with E-state index in [1.165, 1.54) is 0 Å². The summed E-state index contributed by atoms with van der Waals surface area (Å²) < 4.78 is 5.42. The molecule has 0 aromatic rings. The number of carboxylic acid groups (broad SMARTS) is 1. The van der Waals surface area contributed by atoms with Gasteiger partial charge in [-0.05, 0) is 46.6 Å². The van der Waals surface area contributed by atoms with E-state index in [0.717, 1.165) is 32.7 Å². The quantitative estimate of drug-likeness (QED) is 0.711. The van der Waals surface area contributed by atoms with E-state index in [-0.39, 0.29) is 6.04 Å². The molecule has 2 N–H and O–H groups in total. The number of ether oxygens (including phenoxy) is 1. The van der Waals surface area contributed by atoms with Crippen molar-refractivity contribution in [3.63, 3.8) is 0 Å². The summed E-state index contributed by atoms with van der Waals surface area (Å²) in [5.41, 5.74) is -0.788. The number of morpholine rings is 1. The number of carbonyl (C=O) groups is 1. The summed E-state index contributed by atoms with van der Waals surface area (Å²) in [7, 11) is 0. The zero-order chi connectivity index (χ0) is 15.2. The van der Waals surface area contributed by atoms with Gasteiger partial charge in [0.05, 0.1) is 13.2 Å². The molecule has 0 amide bonds. The monoisotopic (exact) mass is 286 g/mol. The molecule has 0 aliphatic carbocycles. The molecule has 0 radical (unpaired) electrons. The predicted octanol–water partition coefficient (Wildman–Crippen LogP) is 1.72. The SMILES string of the molecule is CCC(CCCN1CCOCC1C)(NC(C)C)C(=O)O. The van der Waals surface area contributed by atoms with Gasteiger partial charge in [-0.2, -0.15) is 0 Å². The number of aliphatic carboxylic acids is 1. The van der Waals surface area contributed by atoms with Crippen LogP contribution in [0.4, 0.5) is 0 Å². The summed E-state index contributed by atoms with van der Waals surface area (Å²) in [5, 5.41) is 12.8. The van der Waals surface area contributed by atoms with Crippen molar-refractivity contribution >= 4 is 5.97 Å². The van der Waals surface area contributed by atoms with E-state index in [2.05, 4.69) is 17.1 Å². The van der Waals surface area contributed by atoms with E-state index >= 15 is 0 Å². The Morgan fingerprint density at radius 1 is 1.55 bits per heavy atom. The average molecular weight is 286 g/mol. The van der Waals surface area contributed by atoms with Crippen LogP contribution in [0, 0.1) is 0 Å². The van der Waals surface area contributed by atoms with Crippen molar-refractivity contribution in [1.82, 2.24) is 10.2 Å². The van der Waals surface area contributed by atoms with Gasteiger partial charge >= 0.3 is 5.97 Å². The molecule has 5 heteroatoms. The second kappa shape index (κ2) is 7.96. The third-order valence-electron chi connectivity index (χ3n) is 4.13. The van der Waals surface area contributed by atoms with Crippen LogP contribution in [0.25, 0.3) is 0 Å². The summed E-state index contributed by atoms with van der Waals surface area (Å²) in [6.07, 6.45) is 2.17. The Morgan fingerprint density at radius 2 is 2.25 bits per heavy atom. The number of rotatable bonds is 8. The highest BCUT2D eigenvalue weighted by Crippen LogP contribution is 2.20. The Morgan fingerprint density at radius 3 is 2.75 bits per heavy atom. The van der Waals surface area contributed by atoms with Crippen LogP contribution >= 0.6 is 0 Å². The Balaban J connectivity index is 2.51. The fourth-order valence-electron chi connectivity index (χ4n) is 2.90. The van der Waals surface area contributed by atoms with Crippen molar-refractivity contribution in [2.75, 3.05) is 26.3 Å². The van der Waals surface area contributed by atoms with Gasteiger partial charge in [-0.25, -0.2) is 0 Å². The van der Waals surface area contributed by atoms with Gasteiger partial charge in [0.2, 0.25) is 0 Å². The molecule has 0 spiro atoms. The molecule has 0 aromatic heterocycles. The zero-order valence-electron chi connectivity index (χ0n) is 13.3. The van der Waals surface area contributed by atoms with Crippen LogP contribution in [0.2, 0.25) is 0 Å². The highest BCUT2D eigenvalue weighted by Gasteiger charge is 2.36. The largest absolute Gasteiger partial charge is 0.480 e. The van der Waals surface area contributed by atoms with E-state index in [1.54, 1.807) is 0 Å². The van der Waals surface area contributed by atoms with Crippen molar-refractivity contribution in [2.24, 2.45) is 0 Å². The molecular formula is C15H30N2O3. The van der Waals surface area contributed by atoms with Crippen molar-refractivity contribution in [2.45, 2.75) is 64.6 Å². The smallest absolute Gasteiger partial charge is 0.323 e. The van der Waals surface area contributed by atoms with Crippen molar-refractivity contribution in [1.29, 1.82) is 0 Å². The van der Waals surface area contributed by atoms with Gasteiger partial charge in [0.15, 0.2) is 0 Å². The minimum Gasteiger partial charge on any atom is -0.480 e. The first-order valence-electron chi connectivity index (χ1n) is 7.74. The number of carboxylic acids is 1. The molecular weight excluding hydrogens is 256 g/mol. The van der Waals surface area contributed by atoms with Gasteiger partial charge in [-0.3, -0.25) is 15.0 Å². The topological polar surface area (TPSA) is 61.8 Å². The van der Waals surface area contributed by atoms with Gasteiger partial charge in [-0.1, -0.05) is 6.92 Å². The van der Waals surface area contributed by atoms with E-state index in [9.17, 15) is 9.90 Å². The van der Waals surface area contributed by atoms with Crippen LogP contribution in [-0.4, -0.2) is 59.9 Å². The number of nitrogens with one attached hydrogen (secondary N) is 1. The zero-order valence-corrected chi connectivity index (χ0v) is 13.3. The fourth-order valence-corrected chi connectivity index (χ4v) is 2.90. The van der Waals surface area contributed by atoms with E-state index in [4.69, 9.17) is 4.74 Å². The maximum Gasteiger partial charge on any atom is 0.323 e. The number of nitrogens with zero attached hydrogens (tertiary/aromatic N) is 1. The maximum atomic E-state index is 11.6. The molecule has 0 saturated carbocycles. The molecule has 1 aliphatic rings. The Bertz CT molecular complexity index is 309. The van der Waals surface area contributed by atoms with Crippen molar-refractivity contribution in [3.05, 3.63) is 0 Å². The number of hydrogen-bond donors (Lipinski definition) is 2. The molecule has 1 heterocycles. The lowest BCUT2D eigenvalue weighted by atomic mass is 9.89. The average Bonchev–Trinajstić information content (AvgIpc) is 2.39. The van der Waals surface area contributed by atoms with Gasteiger partial charge < -0.3 is 9.84 Å². The van der Waals surface area contributed by atoms with Crippen LogP contribution in [0.3, 0.4) is 0 Å². The summed E-state index contributed by atoms with van der Waals surface area (Å²) in [6, 6.07) is 0.607. The second-order valence-electron chi connectivity index (χ2n) is 6.10. The summed E-state index contributed by atoms with van der Waals surface area (Å²) in [4.78, 5) is 14.0. The Kier molecular flexibility index (Phi) is 6.92. The molecule has 2 atom stereocenters. The van der Waals surface area contributed by atoms with Crippen LogP contribution in [0.15, 0.2) is 0 Å². The maximum absolute atomic E-state index is 11.6. The lowest BCUT2D eigenvalue weighted by Gasteiger charge is -2.35. The summed E-state index contributed by atoms with van der Waals surface area (Å²) >= 11 is 0. The lowest BCUT2D eigenvalue weighted by molar-refractivity contribution is -0.146. The van der Waals surface area contributed by atoms with Gasteiger partial charge in [0.25, 0.3) is 0 Å². The standard InChI is InChI=1S/C15H30N2O3/c1-5-15(14(18)19,16-12(2)3)7-6-8-17-9-10-20-11-13(17)4/h12-13,16H,5-11H2,1-4H3,(H,18,19). The van der Waals surface area contributed by atoms with Crippen LogP contribution < -0.4 is 5.32 Å². The highest BCUT2D eigenvalue weighted by molar-refractivity contribution is 5.78. The third-order valence-corrected chi connectivity index (χ3v) is 4.13. The Hall–Kier alpha value is -0.650.